The van der Waals surface area contributed by atoms with E-state index in [1.54, 1.807) is 23.7 Å². The van der Waals surface area contributed by atoms with E-state index in [0.29, 0.717) is 28.6 Å². The molecule has 0 radical (unpaired) electrons. The minimum absolute atomic E-state index is 0.205. The normalized spacial score (nSPS) is 11.0. The second kappa shape index (κ2) is 3.76. The van der Waals surface area contributed by atoms with Crippen molar-refractivity contribution in [2.45, 2.75) is 13.8 Å². The predicted molar refractivity (Wildman–Crippen MR) is 66.3 cm³/mol. The van der Waals surface area contributed by atoms with E-state index in [9.17, 15) is 4.79 Å². The van der Waals surface area contributed by atoms with E-state index in [1.165, 1.54) is 0 Å². The second-order valence-corrected chi connectivity index (χ2v) is 4.02. The lowest BCUT2D eigenvalue weighted by molar-refractivity contribution is 0.847. The van der Waals surface area contributed by atoms with E-state index in [4.69, 9.17) is 0 Å². The number of nitrogens with one attached hydrogen (secondary N) is 1. The van der Waals surface area contributed by atoms with Crippen LogP contribution in [-0.4, -0.2) is 24.6 Å². The van der Waals surface area contributed by atoms with Gasteiger partial charge in [0, 0.05) is 6.20 Å². The first-order valence-corrected chi connectivity index (χ1v) is 5.54. The van der Waals surface area contributed by atoms with Crippen molar-refractivity contribution in [3.05, 3.63) is 46.3 Å². The Morgan fingerprint density at radius 1 is 1.28 bits per heavy atom. The Labute approximate surface area is 102 Å². The van der Waals surface area contributed by atoms with Crippen LogP contribution < -0.4 is 5.56 Å². The Kier molecular flexibility index (Phi) is 2.22. The minimum Gasteiger partial charge on any atom is -0.302 e. The summed E-state index contributed by atoms with van der Waals surface area (Å²) < 4.78 is 1.55. The molecule has 0 bridgehead atoms. The van der Waals surface area contributed by atoms with Crippen LogP contribution in [0.5, 0.6) is 0 Å². The maximum Gasteiger partial charge on any atom is 0.277 e. The third kappa shape index (κ3) is 1.50. The SMILES string of the molecule is Cc1nc(C)n2nc(-c3ccccn3)[nH]c(=O)c12. The summed E-state index contributed by atoms with van der Waals surface area (Å²) in [6, 6.07) is 5.45. The Bertz CT molecular complexity index is 772. The van der Waals surface area contributed by atoms with Crippen LogP contribution in [0.4, 0.5) is 0 Å². The van der Waals surface area contributed by atoms with Crippen molar-refractivity contribution in [3.63, 3.8) is 0 Å². The van der Waals surface area contributed by atoms with Gasteiger partial charge in [-0.2, -0.15) is 0 Å². The molecule has 0 aliphatic carbocycles. The predicted octanol–water partition coefficient (Wildman–Crippen LogP) is 1.10. The van der Waals surface area contributed by atoms with Gasteiger partial charge in [-0.15, -0.1) is 5.10 Å². The van der Waals surface area contributed by atoms with Crippen LogP contribution in [0.25, 0.3) is 17.0 Å². The quantitative estimate of drug-likeness (QED) is 0.692. The molecule has 6 nitrogen and oxygen atoms in total. The fraction of sp³-hybridized carbons (Fsp3) is 0.167. The van der Waals surface area contributed by atoms with Crippen molar-refractivity contribution in [1.82, 2.24) is 24.6 Å². The van der Waals surface area contributed by atoms with Crippen molar-refractivity contribution in [3.8, 4) is 11.5 Å². The number of H-pyrrole nitrogens is 1. The molecule has 0 aliphatic rings. The fourth-order valence-corrected chi connectivity index (χ4v) is 1.95. The van der Waals surface area contributed by atoms with Gasteiger partial charge in [-0.05, 0) is 26.0 Å². The first kappa shape index (κ1) is 10.6. The zero-order chi connectivity index (χ0) is 12.7. The number of rotatable bonds is 1. The molecule has 3 rings (SSSR count). The molecule has 1 N–H and O–H groups in total. The topological polar surface area (TPSA) is 75.9 Å². The van der Waals surface area contributed by atoms with Crippen molar-refractivity contribution in [2.75, 3.05) is 0 Å². The lowest BCUT2D eigenvalue weighted by Gasteiger charge is -2.01. The number of pyridine rings is 1. The van der Waals surface area contributed by atoms with E-state index in [-0.39, 0.29) is 5.56 Å². The van der Waals surface area contributed by atoms with Gasteiger partial charge in [0.1, 0.15) is 11.5 Å². The third-order valence-electron chi connectivity index (χ3n) is 2.75. The van der Waals surface area contributed by atoms with Crippen LogP contribution in [0.2, 0.25) is 0 Å². The van der Waals surface area contributed by atoms with Gasteiger partial charge in [-0.25, -0.2) is 9.50 Å². The van der Waals surface area contributed by atoms with E-state index in [2.05, 4.69) is 20.1 Å². The molecule has 6 heteroatoms. The summed E-state index contributed by atoms with van der Waals surface area (Å²) in [7, 11) is 0. The molecule has 0 saturated heterocycles. The van der Waals surface area contributed by atoms with E-state index in [1.807, 2.05) is 19.1 Å². The third-order valence-corrected chi connectivity index (χ3v) is 2.75. The summed E-state index contributed by atoms with van der Waals surface area (Å²) >= 11 is 0. The molecular formula is C12H11N5O. The first-order valence-electron chi connectivity index (χ1n) is 5.54. The molecule has 3 aromatic rings. The highest BCUT2D eigenvalue weighted by Crippen LogP contribution is 2.11. The molecule has 0 fully saturated rings. The average Bonchev–Trinajstić information content (AvgIpc) is 2.66. The number of imidazole rings is 1. The lowest BCUT2D eigenvalue weighted by atomic mass is 10.3. The molecule has 0 aliphatic heterocycles. The maximum atomic E-state index is 12.0. The number of hydrogen-bond donors (Lipinski definition) is 1. The van der Waals surface area contributed by atoms with Crippen LogP contribution in [0.3, 0.4) is 0 Å². The summed E-state index contributed by atoms with van der Waals surface area (Å²) in [4.78, 5) is 23.2. The minimum atomic E-state index is -0.205. The number of aromatic amines is 1. The monoisotopic (exact) mass is 241 g/mol. The van der Waals surface area contributed by atoms with Crippen molar-refractivity contribution in [2.24, 2.45) is 0 Å². The molecule has 0 aromatic carbocycles. The highest BCUT2D eigenvalue weighted by atomic mass is 16.1. The van der Waals surface area contributed by atoms with Crippen molar-refractivity contribution < 1.29 is 0 Å². The second-order valence-electron chi connectivity index (χ2n) is 4.02. The highest BCUT2D eigenvalue weighted by Gasteiger charge is 2.12. The molecule has 0 atom stereocenters. The zero-order valence-corrected chi connectivity index (χ0v) is 10.0. The van der Waals surface area contributed by atoms with Gasteiger partial charge in [-0.3, -0.25) is 9.78 Å². The molecule has 0 unspecified atom stereocenters. The van der Waals surface area contributed by atoms with Crippen LogP contribution >= 0.6 is 0 Å². The summed E-state index contributed by atoms with van der Waals surface area (Å²) in [5.74, 6) is 1.12. The summed E-state index contributed by atoms with van der Waals surface area (Å²) in [5.41, 5.74) is 1.58. The Morgan fingerprint density at radius 2 is 2.11 bits per heavy atom. The Morgan fingerprint density at radius 3 is 2.83 bits per heavy atom. The van der Waals surface area contributed by atoms with E-state index >= 15 is 0 Å². The van der Waals surface area contributed by atoms with Crippen LogP contribution in [-0.2, 0) is 0 Å². The van der Waals surface area contributed by atoms with Gasteiger partial charge in [-0.1, -0.05) is 6.07 Å². The lowest BCUT2D eigenvalue weighted by Crippen LogP contribution is -2.15. The maximum absolute atomic E-state index is 12.0. The number of hydrogen-bond acceptors (Lipinski definition) is 4. The van der Waals surface area contributed by atoms with Crippen LogP contribution in [0.15, 0.2) is 29.2 Å². The smallest absolute Gasteiger partial charge is 0.277 e. The summed E-state index contributed by atoms with van der Waals surface area (Å²) in [6.07, 6.45) is 1.66. The van der Waals surface area contributed by atoms with Crippen molar-refractivity contribution in [1.29, 1.82) is 0 Å². The van der Waals surface area contributed by atoms with Crippen LogP contribution in [0.1, 0.15) is 11.5 Å². The number of fused-ring (bicyclic) bond motifs is 1. The average molecular weight is 241 g/mol. The molecule has 90 valence electrons. The highest BCUT2D eigenvalue weighted by molar-refractivity contribution is 5.54. The van der Waals surface area contributed by atoms with Crippen molar-refractivity contribution >= 4 is 5.52 Å². The largest absolute Gasteiger partial charge is 0.302 e. The molecule has 18 heavy (non-hydrogen) atoms. The van der Waals surface area contributed by atoms with Gasteiger partial charge in [0.25, 0.3) is 5.56 Å². The summed E-state index contributed by atoms with van der Waals surface area (Å²) in [6.45, 7) is 3.61. The molecule has 0 saturated carbocycles. The molecule has 3 heterocycles. The van der Waals surface area contributed by atoms with Gasteiger partial charge in [0.05, 0.1) is 5.69 Å². The molecule has 3 aromatic heterocycles. The Hall–Kier alpha value is -2.50. The fourth-order valence-electron chi connectivity index (χ4n) is 1.95. The van der Waals surface area contributed by atoms with Crippen LogP contribution in [0, 0.1) is 13.8 Å². The molecular weight excluding hydrogens is 230 g/mol. The van der Waals surface area contributed by atoms with Gasteiger partial charge >= 0.3 is 0 Å². The standard InChI is InChI=1S/C12H11N5O/c1-7-10-12(18)15-11(9-5-3-4-6-13-9)16-17(10)8(2)14-7/h3-6H,1-2H3,(H,15,16,18). The van der Waals surface area contributed by atoms with E-state index in [0.717, 1.165) is 0 Å². The van der Waals surface area contributed by atoms with E-state index < -0.39 is 0 Å². The Balaban J connectivity index is 2.35. The zero-order valence-electron chi connectivity index (χ0n) is 10.0. The van der Waals surface area contributed by atoms with Gasteiger partial charge in [0.15, 0.2) is 11.3 Å². The molecule has 0 spiro atoms. The summed E-state index contributed by atoms with van der Waals surface area (Å²) in [5, 5.41) is 4.36. The molecule has 0 amide bonds. The number of nitrogens with zero attached hydrogens (tertiary/aromatic N) is 4. The number of aromatic nitrogens is 5. The number of aryl methyl sites for hydroxylation is 2. The van der Waals surface area contributed by atoms with Gasteiger partial charge < -0.3 is 4.98 Å². The first-order chi connectivity index (χ1) is 8.66. The van der Waals surface area contributed by atoms with Gasteiger partial charge in [0.2, 0.25) is 0 Å².